The van der Waals surface area contributed by atoms with E-state index in [0.717, 1.165) is 15.6 Å². The molecule has 0 saturated heterocycles. The molecular formula is C14H14BrClN4O2. The van der Waals surface area contributed by atoms with Crippen LogP contribution in [-0.2, 0) is 0 Å². The molecule has 2 amide bonds. The summed E-state index contributed by atoms with van der Waals surface area (Å²) in [5.41, 5.74) is 1.84. The first-order valence-corrected chi connectivity index (χ1v) is 7.55. The standard InChI is InChI=1S/C14H14BrClN4O2/c1-8-3-11(4-9(2)12(8)16)22-7-19-14(21)20-13-17-5-10(15)6-18-13/h3-6H,7H2,1-2H3,(H2,17,18,19,20,21). The lowest BCUT2D eigenvalue weighted by atomic mass is 10.1. The number of aryl methyl sites for hydroxylation is 2. The number of urea groups is 1. The second kappa shape index (κ2) is 7.42. The Hall–Kier alpha value is -1.86. The van der Waals surface area contributed by atoms with E-state index in [-0.39, 0.29) is 12.7 Å². The average molecular weight is 386 g/mol. The second-order valence-electron chi connectivity index (χ2n) is 4.52. The van der Waals surface area contributed by atoms with Crippen LogP contribution in [0, 0.1) is 13.8 Å². The van der Waals surface area contributed by atoms with E-state index in [1.807, 2.05) is 26.0 Å². The third-order valence-corrected chi connectivity index (χ3v) is 3.73. The Labute approximate surface area is 141 Å². The lowest BCUT2D eigenvalue weighted by Gasteiger charge is -2.11. The van der Waals surface area contributed by atoms with Crippen molar-refractivity contribution in [2.45, 2.75) is 13.8 Å². The van der Waals surface area contributed by atoms with E-state index >= 15 is 0 Å². The molecule has 8 heteroatoms. The first-order chi connectivity index (χ1) is 10.5. The van der Waals surface area contributed by atoms with Gasteiger partial charge in [-0.05, 0) is 53.0 Å². The van der Waals surface area contributed by atoms with Crippen LogP contribution in [-0.4, -0.2) is 22.7 Å². The molecule has 1 heterocycles. The highest BCUT2D eigenvalue weighted by molar-refractivity contribution is 9.10. The number of anilines is 1. The minimum absolute atomic E-state index is 0.0167. The van der Waals surface area contributed by atoms with E-state index in [4.69, 9.17) is 16.3 Å². The van der Waals surface area contributed by atoms with E-state index < -0.39 is 6.03 Å². The zero-order valence-electron chi connectivity index (χ0n) is 12.0. The van der Waals surface area contributed by atoms with E-state index in [1.54, 1.807) is 12.4 Å². The molecule has 0 radical (unpaired) electrons. The van der Waals surface area contributed by atoms with Gasteiger partial charge in [0.25, 0.3) is 0 Å². The molecule has 2 N–H and O–H groups in total. The molecule has 0 unspecified atom stereocenters. The smallest absolute Gasteiger partial charge is 0.324 e. The lowest BCUT2D eigenvalue weighted by molar-refractivity contribution is 0.234. The van der Waals surface area contributed by atoms with Crippen LogP contribution < -0.4 is 15.4 Å². The van der Waals surface area contributed by atoms with Gasteiger partial charge in [0.05, 0.1) is 4.47 Å². The minimum atomic E-state index is -0.454. The third kappa shape index (κ3) is 4.57. The van der Waals surface area contributed by atoms with Crippen molar-refractivity contribution in [2.75, 3.05) is 12.0 Å². The summed E-state index contributed by atoms with van der Waals surface area (Å²) in [5, 5.41) is 5.76. The van der Waals surface area contributed by atoms with Crippen molar-refractivity contribution in [2.24, 2.45) is 0 Å². The molecule has 1 aromatic heterocycles. The lowest BCUT2D eigenvalue weighted by Crippen LogP contribution is -2.32. The molecule has 0 spiro atoms. The topological polar surface area (TPSA) is 76.1 Å². The monoisotopic (exact) mass is 384 g/mol. The van der Waals surface area contributed by atoms with Gasteiger partial charge in [0.15, 0.2) is 6.73 Å². The maximum Gasteiger partial charge on any atom is 0.324 e. The molecule has 22 heavy (non-hydrogen) atoms. The number of carbonyl (C=O) groups excluding carboxylic acids is 1. The third-order valence-electron chi connectivity index (χ3n) is 2.73. The largest absolute Gasteiger partial charge is 0.473 e. The Kier molecular flexibility index (Phi) is 5.57. The van der Waals surface area contributed by atoms with Crippen molar-refractivity contribution in [3.8, 4) is 5.75 Å². The number of nitrogens with one attached hydrogen (secondary N) is 2. The highest BCUT2D eigenvalue weighted by Crippen LogP contribution is 2.25. The number of nitrogens with zero attached hydrogens (tertiary/aromatic N) is 2. The number of aromatic nitrogens is 2. The summed E-state index contributed by atoms with van der Waals surface area (Å²) in [6, 6.07) is 3.17. The zero-order valence-corrected chi connectivity index (χ0v) is 14.3. The Morgan fingerprint density at radius 3 is 2.45 bits per heavy atom. The van der Waals surface area contributed by atoms with Gasteiger partial charge in [-0.25, -0.2) is 14.8 Å². The van der Waals surface area contributed by atoms with E-state index in [1.165, 1.54) is 0 Å². The molecule has 2 rings (SSSR count). The van der Waals surface area contributed by atoms with Gasteiger partial charge in [-0.15, -0.1) is 0 Å². The zero-order chi connectivity index (χ0) is 16.1. The molecule has 6 nitrogen and oxygen atoms in total. The molecule has 0 aliphatic heterocycles. The van der Waals surface area contributed by atoms with Crippen LogP contribution in [0.15, 0.2) is 29.0 Å². The van der Waals surface area contributed by atoms with Crippen LogP contribution in [0.4, 0.5) is 10.7 Å². The van der Waals surface area contributed by atoms with Crippen LogP contribution in [0.5, 0.6) is 5.75 Å². The van der Waals surface area contributed by atoms with Crippen LogP contribution in [0.3, 0.4) is 0 Å². The van der Waals surface area contributed by atoms with Gasteiger partial charge >= 0.3 is 6.03 Å². The normalized spacial score (nSPS) is 10.2. The fourth-order valence-corrected chi connectivity index (χ4v) is 2.01. The minimum Gasteiger partial charge on any atom is -0.473 e. The number of carbonyl (C=O) groups is 1. The first kappa shape index (κ1) is 16.5. The Morgan fingerprint density at radius 1 is 1.27 bits per heavy atom. The van der Waals surface area contributed by atoms with Gasteiger partial charge in [-0.2, -0.15) is 0 Å². The van der Waals surface area contributed by atoms with Crippen molar-refractivity contribution in [1.29, 1.82) is 0 Å². The number of benzene rings is 1. The number of halogens is 2. The molecule has 0 atom stereocenters. The van der Waals surface area contributed by atoms with Crippen molar-refractivity contribution in [1.82, 2.24) is 15.3 Å². The second-order valence-corrected chi connectivity index (χ2v) is 5.81. The fourth-order valence-electron chi connectivity index (χ4n) is 1.70. The molecule has 0 fully saturated rings. The van der Waals surface area contributed by atoms with Gasteiger partial charge in [0, 0.05) is 17.4 Å². The molecule has 0 aliphatic carbocycles. The Morgan fingerprint density at radius 2 is 1.86 bits per heavy atom. The van der Waals surface area contributed by atoms with Crippen molar-refractivity contribution in [3.05, 3.63) is 45.1 Å². The van der Waals surface area contributed by atoms with Gasteiger partial charge in [-0.1, -0.05) is 11.6 Å². The molecule has 2 aromatic rings. The van der Waals surface area contributed by atoms with Gasteiger partial charge in [0.1, 0.15) is 5.75 Å². The maximum absolute atomic E-state index is 11.7. The van der Waals surface area contributed by atoms with Crippen molar-refractivity contribution < 1.29 is 9.53 Å². The Balaban J connectivity index is 1.83. The van der Waals surface area contributed by atoms with Gasteiger partial charge in [-0.3, -0.25) is 5.32 Å². The molecule has 0 aliphatic rings. The molecule has 1 aromatic carbocycles. The van der Waals surface area contributed by atoms with Crippen molar-refractivity contribution in [3.63, 3.8) is 0 Å². The summed E-state index contributed by atoms with van der Waals surface area (Å²) in [5.74, 6) is 0.846. The summed E-state index contributed by atoms with van der Waals surface area (Å²) in [6.07, 6.45) is 3.08. The van der Waals surface area contributed by atoms with E-state index in [9.17, 15) is 4.79 Å². The average Bonchev–Trinajstić information content (AvgIpc) is 2.47. The SMILES string of the molecule is Cc1cc(OCNC(=O)Nc2ncc(Br)cn2)cc(C)c1Cl. The molecular weight excluding hydrogens is 372 g/mol. The quantitative estimate of drug-likeness (QED) is 0.787. The van der Waals surface area contributed by atoms with Crippen LogP contribution >= 0.6 is 27.5 Å². The van der Waals surface area contributed by atoms with Crippen LogP contribution in [0.25, 0.3) is 0 Å². The summed E-state index contributed by atoms with van der Waals surface area (Å²) in [4.78, 5) is 19.5. The molecule has 116 valence electrons. The molecule has 0 bridgehead atoms. The predicted octanol–water partition coefficient (Wildman–Crippen LogP) is 3.67. The number of amides is 2. The van der Waals surface area contributed by atoms with E-state index in [2.05, 4.69) is 36.5 Å². The van der Waals surface area contributed by atoms with Crippen LogP contribution in [0.2, 0.25) is 5.02 Å². The summed E-state index contributed by atoms with van der Waals surface area (Å²) in [7, 11) is 0. The molecule has 0 saturated carbocycles. The van der Waals surface area contributed by atoms with Crippen LogP contribution in [0.1, 0.15) is 11.1 Å². The summed E-state index contributed by atoms with van der Waals surface area (Å²) in [6.45, 7) is 3.81. The number of rotatable bonds is 4. The van der Waals surface area contributed by atoms with Gasteiger partial charge in [0.2, 0.25) is 5.95 Å². The number of hydrogen-bond acceptors (Lipinski definition) is 4. The highest BCUT2D eigenvalue weighted by Gasteiger charge is 2.06. The van der Waals surface area contributed by atoms with E-state index in [0.29, 0.717) is 10.8 Å². The predicted molar refractivity (Wildman–Crippen MR) is 88.3 cm³/mol. The maximum atomic E-state index is 11.7. The van der Waals surface area contributed by atoms with Gasteiger partial charge < -0.3 is 10.1 Å². The van der Waals surface area contributed by atoms with Crippen molar-refractivity contribution >= 4 is 39.5 Å². The number of ether oxygens (including phenoxy) is 1. The highest BCUT2D eigenvalue weighted by atomic mass is 79.9. The number of hydrogen-bond donors (Lipinski definition) is 2. The first-order valence-electron chi connectivity index (χ1n) is 6.37. The summed E-state index contributed by atoms with van der Waals surface area (Å²) < 4.78 is 6.20. The Bertz CT molecular complexity index is 656. The summed E-state index contributed by atoms with van der Waals surface area (Å²) >= 11 is 9.30. The fraction of sp³-hybridized carbons (Fsp3) is 0.214.